The molecule has 0 aromatic heterocycles. The minimum absolute atomic E-state index is 0.311. The zero-order valence-corrected chi connectivity index (χ0v) is 11.7. The van der Waals surface area contributed by atoms with E-state index in [9.17, 15) is 0 Å². The topological polar surface area (TPSA) is 12.5 Å². The zero-order valence-electron chi connectivity index (χ0n) is 11.7. The van der Waals surface area contributed by atoms with Crippen molar-refractivity contribution in [1.29, 1.82) is 0 Å². The molecule has 3 rings (SSSR count). The molecule has 2 atom stereocenters. The monoisotopic (exact) mass is 245 g/mol. The number of hydrogen-bond acceptors (Lipinski definition) is 2. The van der Waals surface area contributed by atoms with Crippen molar-refractivity contribution in [3.8, 4) is 5.75 Å². The predicted molar refractivity (Wildman–Crippen MR) is 75.6 cm³/mol. The molecule has 1 aliphatic carbocycles. The Morgan fingerprint density at radius 2 is 2.11 bits per heavy atom. The van der Waals surface area contributed by atoms with Crippen molar-refractivity contribution in [3.05, 3.63) is 23.8 Å². The Morgan fingerprint density at radius 3 is 2.89 bits per heavy atom. The van der Waals surface area contributed by atoms with E-state index in [0.717, 1.165) is 5.75 Å². The van der Waals surface area contributed by atoms with E-state index >= 15 is 0 Å². The van der Waals surface area contributed by atoms with Crippen LogP contribution in [0.25, 0.3) is 0 Å². The predicted octanol–water partition coefficient (Wildman–Crippen LogP) is 3.95. The van der Waals surface area contributed by atoms with Gasteiger partial charge in [-0.3, -0.25) is 0 Å². The fourth-order valence-corrected chi connectivity index (χ4v) is 3.90. The van der Waals surface area contributed by atoms with E-state index in [1.54, 1.807) is 7.11 Å². The van der Waals surface area contributed by atoms with Crippen LogP contribution in [0.1, 0.15) is 50.5 Å². The normalized spacial score (nSPS) is 30.6. The fourth-order valence-electron chi connectivity index (χ4n) is 3.90. The second-order valence-electron chi connectivity index (χ2n) is 5.99. The van der Waals surface area contributed by atoms with Gasteiger partial charge in [-0.05, 0) is 43.5 Å². The van der Waals surface area contributed by atoms with Gasteiger partial charge in [0, 0.05) is 24.2 Å². The number of likely N-dealkylation sites (N-methyl/N-ethyl adjacent to an activating group) is 1. The summed E-state index contributed by atoms with van der Waals surface area (Å²) < 4.78 is 5.40. The molecule has 2 unspecified atom stereocenters. The van der Waals surface area contributed by atoms with Gasteiger partial charge < -0.3 is 9.64 Å². The standard InChI is InChI=1S/C16H23NO/c1-16-10-6-4-5-7-14(16)13-11-12(18-3)8-9-15(13)17(16)2/h8-9,11,14H,4-7,10H2,1-3H3. The van der Waals surface area contributed by atoms with E-state index < -0.39 is 0 Å². The zero-order chi connectivity index (χ0) is 12.8. The van der Waals surface area contributed by atoms with Crippen LogP contribution in [0.15, 0.2) is 18.2 Å². The van der Waals surface area contributed by atoms with Crippen molar-refractivity contribution < 1.29 is 4.74 Å². The first kappa shape index (κ1) is 11.9. The molecule has 2 heteroatoms. The highest BCUT2D eigenvalue weighted by molar-refractivity contribution is 5.65. The molecule has 0 saturated heterocycles. The van der Waals surface area contributed by atoms with Crippen LogP contribution in [0.2, 0.25) is 0 Å². The molecule has 1 heterocycles. The smallest absolute Gasteiger partial charge is 0.119 e. The van der Waals surface area contributed by atoms with Gasteiger partial charge in [-0.2, -0.15) is 0 Å². The first-order chi connectivity index (χ1) is 8.66. The summed E-state index contributed by atoms with van der Waals surface area (Å²) >= 11 is 0. The van der Waals surface area contributed by atoms with Crippen LogP contribution in [0.5, 0.6) is 5.75 Å². The lowest BCUT2D eigenvalue weighted by Gasteiger charge is -2.38. The SMILES string of the molecule is COc1ccc2c(c1)C1CCCCCC1(C)N2C. The molecule has 2 aliphatic rings. The summed E-state index contributed by atoms with van der Waals surface area (Å²) in [6, 6.07) is 6.57. The largest absolute Gasteiger partial charge is 0.497 e. The minimum atomic E-state index is 0.311. The van der Waals surface area contributed by atoms with Crippen LogP contribution in [-0.4, -0.2) is 19.7 Å². The molecule has 1 aromatic carbocycles. The third kappa shape index (κ3) is 1.54. The first-order valence-corrected chi connectivity index (χ1v) is 7.08. The van der Waals surface area contributed by atoms with Gasteiger partial charge in [-0.25, -0.2) is 0 Å². The fraction of sp³-hybridized carbons (Fsp3) is 0.625. The summed E-state index contributed by atoms with van der Waals surface area (Å²) in [6.45, 7) is 2.44. The second kappa shape index (κ2) is 4.18. The van der Waals surface area contributed by atoms with Crippen molar-refractivity contribution in [2.75, 3.05) is 19.1 Å². The average Bonchev–Trinajstić information content (AvgIpc) is 2.55. The van der Waals surface area contributed by atoms with Crippen LogP contribution < -0.4 is 9.64 Å². The van der Waals surface area contributed by atoms with Crippen molar-refractivity contribution in [1.82, 2.24) is 0 Å². The molecular weight excluding hydrogens is 222 g/mol. The number of nitrogens with zero attached hydrogens (tertiary/aromatic N) is 1. The Kier molecular flexibility index (Phi) is 2.76. The van der Waals surface area contributed by atoms with Crippen molar-refractivity contribution >= 4 is 5.69 Å². The molecular formula is C16H23NO. The van der Waals surface area contributed by atoms with Crippen molar-refractivity contribution in [2.45, 2.75) is 50.5 Å². The number of benzene rings is 1. The van der Waals surface area contributed by atoms with Crippen LogP contribution in [-0.2, 0) is 0 Å². The van der Waals surface area contributed by atoms with Crippen molar-refractivity contribution in [2.24, 2.45) is 0 Å². The third-order valence-corrected chi connectivity index (χ3v) is 5.16. The number of ether oxygens (including phenoxy) is 1. The lowest BCUT2D eigenvalue weighted by molar-refractivity contribution is 0.362. The van der Waals surface area contributed by atoms with E-state index in [4.69, 9.17) is 4.74 Å². The summed E-state index contributed by atoms with van der Waals surface area (Å²) in [5.74, 6) is 1.67. The van der Waals surface area contributed by atoms with E-state index in [1.807, 2.05) is 0 Å². The van der Waals surface area contributed by atoms with Crippen LogP contribution >= 0.6 is 0 Å². The molecule has 98 valence electrons. The van der Waals surface area contributed by atoms with E-state index in [0.29, 0.717) is 11.5 Å². The minimum Gasteiger partial charge on any atom is -0.497 e. The lowest BCUT2D eigenvalue weighted by atomic mass is 9.80. The van der Waals surface area contributed by atoms with Gasteiger partial charge in [0.05, 0.1) is 7.11 Å². The van der Waals surface area contributed by atoms with Crippen LogP contribution in [0.4, 0.5) is 5.69 Å². The number of anilines is 1. The average molecular weight is 245 g/mol. The van der Waals surface area contributed by atoms with Crippen molar-refractivity contribution in [3.63, 3.8) is 0 Å². The van der Waals surface area contributed by atoms with Gasteiger partial charge in [0.2, 0.25) is 0 Å². The molecule has 1 aliphatic heterocycles. The quantitative estimate of drug-likeness (QED) is 0.742. The van der Waals surface area contributed by atoms with E-state index in [-0.39, 0.29) is 0 Å². The summed E-state index contributed by atoms with van der Waals surface area (Å²) in [7, 11) is 4.02. The van der Waals surface area contributed by atoms with Gasteiger partial charge in [-0.15, -0.1) is 0 Å². The molecule has 2 nitrogen and oxygen atoms in total. The Morgan fingerprint density at radius 1 is 1.28 bits per heavy atom. The van der Waals surface area contributed by atoms with Gasteiger partial charge in [-0.1, -0.05) is 19.3 Å². The van der Waals surface area contributed by atoms with E-state index in [2.05, 4.69) is 37.1 Å². The summed E-state index contributed by atoms with van der Waals surface area (Å²) in [5, 5.41) is 0. The van der Waals surface area contributed by atoms with Gasteiger partial charge in [0.15, 0.2) is 0 Å². The Labute approximate surface area is 110 Å². The van der Waals surface area contributed by atoms with Gasteiger partial charge >= 0.3 is 0 Å². The molecule has 0 N–H and O–H groups in total. The Bertz CT molecular complexity index is 456. The molecule has 0 bridgehead atoms. The third-order valence-electron chi connectivity index (χ3n) is 5.16. The van der Waals surface area contributed by atoms with Crippen LogP contribution in [0, 0.1) is 0 Å². The molecule has 1 aromatic rings. The summed E-state index contributed by atoms with van der Waals surface area (Å²) in [6.07, 6.45) is 6.75. The highest BCUT2D eigenvalue weighted by atomic mass is 16.5. The van der Waals surface area contributed by atoms with Crippen LogP contribution in [0.3, 0.4) is 0 Å². The molecule has 0 amide bonds. The Hall–Kier alpha value is -1.18. The van der Waals surface area contributed by atoms with E-state index in [1.165, 1.54) is 43.4 Å². The van der Waals surface area contributed by atoms with Gasteiger partial charge in [0.25, 0.3) is 0 Å². The highest BCUT2D eigenvalue weighted by Crippen LogP contribution is 2.53. The number of methoxy groups -OCH3 is 1. The highest BCUT2D eigenvalue weighted by Gasteiger charge is 2.46. The van der Waals surface area contributed by atoms with Gasteiger partial charge in [0.1, 0.15) is 5.75 Å². The second-order valence-corrected chi connectivity index (χ2v) is 5.99. The number of fused-ring (bicyclic) bond motifs is 3. The summed E-state index contributed by atoms with van der Waals surface area (Å²) in [5.41, 5.74) is 3.22. The summed E-state index contributed by atoms with van der Waals surface area (Å²) in [4.78, 5) is 2.51. The number of hydrogen-bond donors (Lipinski definition) is 0. The Balaban J connectivity index is 2.08. The molecule has 1 fully saturated rings. The maximum absolute atomic E-state index is 5.40. The molecule has 1 saturated carbocycles. The lowest BCUT2D eigenvalue weighted by Crippen LogP contribution is -2.43. The first-order valence-electron chi connectivity index (χ1n) is 7.08. The molecule has 0 radical (unpaired) electrons. The molecule has 18 heavy (non-hydrogen) atoms. The number of rotatable bonds is 1. The maximum atomic E-state index is 5.40. The molecule has 0 spiro atoms. The maximum Gasteiger partial charge on any atom is 0.119 e.